The molecule has 1 N–H and O–H groups in total. The molecule has 1 saturated carbocycles. The van der Waals surface area contributed by atoms with E-state index in [1.807, 2.05) is 6.92 Å². The number of nitrogens with one attached hydrogen (secondary N) is 1. The van der Waals surface area contributed by atoms with E-state index in [2.05, 4.69) is 10.3 Å². The molecular formula is C23H30FN3O2S. The van der Waals surface area contributed by atoms with Crippen molar-refractivity contribution in [2.45, 2.75) is 69.5 Å². The monoisotopic (exact) mass is 431 g/mol. The minimum absolute atomic E-state index is 0.0793. The molecule has 1 aromatic carbocycles. The van der Waals surface area contributed by atoms with E-state index in [0.29, 0.717) is 35.3 Å². The standard InChI is InChI=1S/C23H30FN3O2S/c1-16-20(15-17-10-12-18(24)13-11-17)22(29)27(2)23(25-16)30-14-6-9-21(28)26-19-7-4-3-5-8-19/h10-13,19H,3-9,14-15H2,1-2H3,(H,26,28). The van der Waals surface area contributed by atoms with Crippen LogP contribution in [0.2, 0.25) is 0 Å². The van der Waals surface area contributed by atoms with Gasteiger partial charge in [-0.2, -0.15) is 0 Å². The molecule has 1 heterocycles. The molecule has 1 aliphatic rings. The van der Waals surface area contributed by atoms with Crippen LogP contribution in [0.1, 0.15) is 61.8 Å². The van der Waals surface area contributed by atoms with Crippen LogP contribution in [0, 0.1) is 12.7 Å². The summed E-state index contributed by atoms with van der Waals surface area (Å²) in [6.07, 6.45) is 7.55. The second-order valence-corrected chi connectivity index (χ2v) is 9.04. The molecule has 1 fully saturated rings. The van der Waals surface area contributed by atoms with E-state index >= 15 is 0 Å². The van der Waals surface area contributed by atoms with E-state index in [9.17, 15) is 14.0 Å². The average Bonchev–Trinajstić information content (AvgIpc) is 2.74. The molecule has 0 spiro atoms. The number of rotatable bonds is 8. The largest absolute Gasteiger partial charge is 0.353 e. The molecule has 0 bridgehead atoms. The van der Waals surface area contributed by atoms with Gasteiger partial charge in [0.05, 0.1) is 0 Å². The first-order valence-corrected chi connectivity index (χ1v) is 11.7. The topological polar surface area (TPSA) is 64.0 Å². The van der Waals surface area contributed by atoms with Gasteiger partial charge in [-0.3, -0.25) is 14.2 Å². The Morgan fingerprint density at radius 3 is 2.63 bits per heavy atom. The quantitative estimate of drug-likeness (QED) is 0.388. The van der Waals surface area contributed by atoms with E-state index in [1.54, 1.807) is 23.7 Å². The van der Waals surface area contributed by atoms with Gasteiger partial charge in [-0.05, 0) is 43.9 Å². The van der Waals surface area contributed by atoms with Gasteiger partial charge in [0.2, 0.25) is 5.91 Å². The van der Waals surface area contributed by atoms with Gasteiger partial charge in [0.1, 0.15) is 5.82 Å². The molecule has 0 unspecified atom stereocenters. The van der Waals surface area contributed by atoms with Crippen molar-refractivity contribution in [3.8, 4) is 0 Å². The van der Waals surface area contributed by atoms with E-state index in [4.69, 9.17) is 0 Å². The van der Waals surface area contributed by atoms with Crippen molar-refractivity contribution in [3.63, 3.8) is 0 Å². The lowest BCUT2D eigenvalue weighted by atomic mass is 9.95. The number of carbonyl (C=O) groups excluding carboxylic acids is 1. The van der Waals surface area contributed by atoms with Crippen molar-refractivity contribution in [2.75, 3.05) is 5.75 Å². The summed E-state index contributed by atoms with van der Waals surface area (Å²) in [5.74, 6) is 0.561. The summed E-state index contributed by atoms with van der Waals surface area (Å²) in [7, 11) is 1.72. The lowest BCUT2D eigenvalue weighted by Gasteiger charge is -2.22. The lowest BCUT2D eigenvalue weighted by molar-refractivity contribution is -0.122. The van der Waals surface area contributed by atoms with Crippen LogP contribution in [0.25, 0.3) is 0 Å². The first-order chi connectivity index (χ1) is 14.4. The molecule has 0 saturated heterocycles. The van der Waals surface area contributed by atoms with Crippen molar-refractivity contribution in [1.29, 1.82) is 0 Å². The fraction of sp³-hybridized carbons (Fsp3) is 0.522. The molecule has 162 valence electrons. The maximum Gasteiger partial charge on any atom is 0.257 e. The number of hydrogen-bond acceptors (Lipinski definition) is 4. The van der Waals surface area contributed by atoms with Crippen LogP contribution in [0.15, 0.2) is 34.2 Å². The first-order valence-electron chi connectivity index (χ1n) is 10.7. The molecule has 0 radical (unpaired) electrons. The Kier molecular flexibility index (Phi) is 8.08. The number of hydrogen-bond donors (Lipinski definition) is 1. The Balaban J connectivity index is 1.53. The Bertz CT molecular complexity index is 921. The zero-order valence-electron chi connectivity index (χ0n) is 17.7. The number of carbonyl (C=O) groups is 1. The SMILES string of the molecule is Cc1nc(SCCCC(=O)NC2CCCCC2)n(C)c(=O)c1Cc1ccc(F)cc1. The van der Waals surface area contributed by atoms with E-state index in [0.717, 1.165) is 30.6 Å². The summed E-state index contributed by atoms with van der Waals surface area (Å²) in [5.41, 5.74) is 2.12. The third-order valence-electron chi connectivity index (χ3n) is 5.59. The van der Waals surface area contributed by atoms with Crippen molar-refractivity contribution < 1.29 is 9.18 Å². The van der Waals surface area contributed by atoms with Crippen LogP contribution in [0.4, 0.5) is 4.39 Å². The lowest BCUT2D eigenvalue weighted by Crippen LogP contribution is -2.36. The second kappa shape index (κ2) is 10.8. The normalized spacial score (nSPS) is 14.6. The maximum atomic E-state index is 13.1. The van der Waals surface area contributed by atoms with Gasteiger partial charge in [-0.1, -0.05) is 43.2 Å². The molecular weight excluding hydrogens is 401 g/mol. The van der Waals surface area contributed by atoms with Gasteiger partial charge >= 0.3 is 0 Å². The van der Waals surface area contributed by atoms with Crippen molar-refractivity contribution in [3.05, 3.63) is 57.3 Å². The summed E-state index contributed by atoms with van der Waals surface area (Å²) in [4.78, 5) is 29.5. The Morgan fingerprint density at radius 2 is 1.93 bits per heavy atom. The molecule has 3 rings (SSSR count). The smallest absolute Gasteiger partial charge is 0.257 e. The van der Waals surface area contributed by atoms with Crippen LogP contribution >= 0.6 is 11.8 Å². The average molecular weight is 432 g/mol. The Hall–Kier alpha value is -2.15. The number of benzene rings is 1. The zero-order chi connectivity index (χ0) is 21.5. The van der Waals surface area contributed by atoms with Crippen LogP contribution in [-0.2, 0) is 18.3 Å². The number of aromatic nitrogens is 2. The summed E-state index contributed by atoms with van der Waals surface area (Å²) in [5, 5.41) is 3.80. The molecule has 1 aliphatic carbocycles. The molecule has 7 heteroatoms. The first kappa shape index (κ1) is 22.5. The number of aryl methyl sites for hydroxylation is 1. The van der Waals surface area contributed by atoms with Gasteiger partial charge in [0, 0.05) is 42.9 Å². The highest BCUT2D eigenvalue weighted by atomic mass is 32.2. The molecule has 1 aromatic heterocycles. The highest BCUT2D eigenvalue weighted by molar-refractivity contribution is 7.99. The second-order valence-electron chi connectivity index (χ2n) is 7.98. The minimum Gasteiger partial charge on any atom is -0.353 e. The minimum atomic E-state index is -0.291. The Morgan fingerprint density at radius 1 is 1.23 bits per heavy atom. The van der Waals surface area contributed by atoms with Crippen LogP contribution < -0.4 is 10.9 Å². The predicted molar refractivity (Wildman–Crippen MR) is 118 cm³/mol. The van der Waals surface area contributed by atoms with Crippen LogP contribution in [-0.4, -0.2) is 27.3 Å². The molecule has 0 atom stereocenters. The van der Waals surface area contributed by atoms with Gasteiger partial charge in [-0.25, -0.2) is 9.37 Å². The summed E-state index contributed by atoms with van der Waals surface area (Å²) < 4.78 is 14.7. The van der Waals surface area contributed by atoms with E-state index in [-0.39, 0.29) is 17.3 Å². The number of thioether (sulfide) groups is 1. The molecule has 0 aliphatic heterocycles. The van der Waals surface area contributed by atoms with Crippen molar-refractivity contribution in [1.82, 2.24) is 14.9 Å². The maximum absolute atomic E-state index is 13.1. The fourth-order valence-corrected chi connectivity index (χ4v) is 4.76. The highest BCUT2D eigenvalue weighted by Gasteiger charge is 2.16. The highest BCUT2D eigenvalue weighted by Crippen LogP contribution is 2.19. The van der Waals surface area contributed by atoms with Crippen LogP contribution in [0.3, 0.4) is 0 Å². The molecule has 30 heavy (non-hydrogen) atoms. The predicted octanol–water partition coefficient (Wildman–Crippen LogP) is 4.14. The molecule has 1 amide bonds. The Labute approximate surface area is 181 Å². The summed E-state index contributed by atoms with van der Waals surface area (Å²) >= 11 is 1.50. The fourth-order valence-electron chi connectivity index (χ4n) is 3.81. The van der Waals surface area contributed by atoms with E-state index < -0.39 is 0 Å². The van der Waals surface area contributed by atoms with Gasteiger partial charge < -0.3 is 5.32 Å². The third-order valence-corrected chi connectivity index (χ3v) is 6.71. The number of amides is 1. The van der Waals surface area contributed by atoms with Gasteiger partial charge in [-0.15, -0.1) is 0 Å². The number of halogens is 1. The number of nitrogens with zero attached hydrogens (tertiary/aromatic N) is 2. The molecule has 5 nitrogen and oxygen atoms in total. The van der Waals surface area contributed by atoms with Gasteiger partial charge in [0.15, 0.2) is 5.16 Å². The summed E-state index contributed by atoms with van der Waals surface area (Å²) in [6, 6.07) is 6.52. The van der Waals surface area contributed by atoms with Gasteiger partial charge in [0.25, 0.3) is 5.56 Å². The van der Waals surface area contributed by atoms with E-state index in [1.165, 1.54) is 43.2 Å². The van der Waals surface area contributed by atoms with Crippen molar-refractivity contribution in [2.24, 2.45) is 7.05 Å². The summed E-state index contributed by atoms with van der Waals surface area (Å²) in [6.45, 7) is 1.84. The van der Waals surface area contributed by atoms with Crippen LogP contribution in [0.5, 0.6) is 0 Å². The third kappa shape index (κ3) is 6.17. The van der Waals surface area contributed by atoms with Crippen molar-refractivity contribution >= 4 is 17.7 Å². The zero-order valence-corrected chi connectivity index (χ0v) is 18.6. The molecule has 2 aromatic rings.